The number of urea groups is 1. The maximum atomic E-state index is 12.0. The largest absolute Gasteiger partial charge is 0.379 e. The van der Waals surface area contributed by atoms with Crippen molar-refractivity contribution in [3.8, 4) is 0 Å². The van der Waals surface area contributed by atoms with E-state index in [1.54, 1.807) is 0 Å². The van der Waals surface area contributed by atoms with Crippen molar-refractivity contribution in [3.05, 3.63) is 0 Å². The number of thioether (sulfide) groups is 1. The van der Waals surface area contributed by atoms with Gasteiger partial charge in [-0.15, -0.1) is 0 Å². The zero-order chi connectivity index (χ0) is 24.5. The summed E-state index contributed by atoms with van der Waals surface area (Å²) >= 11 is 1.85. The van der Waals surface area contributed by atoms with Gasteiger partial charge in [0.1, 0.15) is 6.08 Å². The molecule has 3 fully saturated rings. The number of unbranched alkanes of at least 4 members (excludes halogenated alkanes) is 1. The van der Waals surface area contributed by atoms with E-state index >= 15 is 0 Å². The number of fused-ring (bicyclic) bond motifs is 1. The summed E-state index contributed by atoms with van der Waals surface area (Å²) in [5, 5.41) is 9.00. The van der Waals surface area contributed by atoms with Crippen LogP contribution in [-0.4, -0.2) is 73.2 Å². The van der Waals surface area contributed by atoms with Gasteiger partial charge in [-0.25, -0.2) is 4.79 Å². The van der Waals surface area contributed by atoms with Crippen molar-refractivity contribution in [1.29, 1.82) is 0 Å². The van der Waals surface area contributed by atoms with E-state index in [-0.39, 0.29) is 37.2 Å². The van der Waals surface area contributed by atoms with Crippen molar-refractivity contribution in [2.24, 2.45) is 0 Å². The Bertz CT molecular complexity index is 747. The summed E-state index contributed by atoms with van der Waals surface area (Å²) in [7, 11) is 0. The molecular formula is C19H33N3O5S. The first kappa shape index (κ1) is 15.8. The van der Waals surface area contributed by atoms with E-state index in [2.05, 4.69) is 16.0 Å². The molecule has 9 heteroatoms. The van der Waals surface area contributed by atoms with E-state index in [4.69, 9.17) is 21.1 Å². The Labute approximate surface area is 178 Å². The highest BCUT2D eigenvalue weighted by Gasteiger charge is 2.42. The molecule has 0 aromatic rings. The predicted octanol–water partition coefficient (Wildman–Crippen LogP) is 1.39. The van der Waals surface area contributed by atoms with E-state index in [1.807, 2.05) is 11.8 Å². The monoisotopic (exact) mass is 420 g/mol. The van der Waals surface area contributed by atoms with Gasteiger partial charge in [0.05, 0.1) is 32.1 Å². The number of ether oxygens (including phenoxy) is 3. The number of carbonyl (C=O) groups excluding carboxylic acids is 2. The van der Waals surface area contributed by atoms with Crippen molar-refractivity contribution in [2.45, 2.75) is 75.2 Å². The van der Waals surface area contributed by atoms with Crippen LogP contribution in [0.15, 0.2) is 0 Å². The summed E-state index contributed by atoms with van der Waals surface area (Å²) in [6.45, 7) is -2.52. The van der Waals surface area contributed by atoms with E-state index in [0.29, 0.717) is 18.1 Å². The van der Waals surface area contributed by atoms with Gasteiger partial charge < -0.3 is 30.2 Å². The molecule has 0 radical (unpaired) electrons. The molecule has 3 heterocycles. The summed E-state index contributed by atoms with van der Waals surface area (Å²) in [6.07, 6.45) is 0.553. The first-order valence-electron chi connectivity index (χ1n) is 12.3. The molecule has 3 saturated heterocycles. The highest BCUT2D eigenvalue weighted by atomic mass is 32.2. The minimum absolute atomic E-state index is 0.101. The number of hydrogen-bond acceptors (Lipinski definition) is 6. The summed E-state index contributed by atoms with van der Waals surface area (Å²) in [5.74, 6) is -0.652. The Balaban J connectivity index is 1.28. The van der Waals surface area contributed by atoms with Gasteiger partial charge in [0.2, 0.25) is 5.91 Å². The van der Waals surface area contributed by atoms with Crippen LogP contribution in [0.25, 0.3) is 0 Å². The lowest BCUT2D eigenvalue weighted by atomic mass is 10.0. The summed E-state index contributed by atoms with van der Waals surface area (Å²) in [4.78, 5) is 23.4. The number of carbonyl (C=O) groups is 2. The van der Waals surface area contributed by atoms with Gasteiger partial charge in [-0.05, 0) is 33.1 Å². The van der Waals surface area contributed by atoms with Crippen LogP contribution >= 0.6 is 11.8 Å². The Hall–Kier alpha value is -1.03. The summed E-state index contributed by atoms with van der Waals surface area (Å²) in [5.41, 5.74) is 0. The maximum Gasteiger partial charge on any atom is 0.315 e. The molecule has 1 unspecified atom stereocenters. The molecule has 160 valence electrons. The molecule has 0 aliphatic carbocycles. The zero-order valence-corrected chi connectivity index (χ0v) is 17.2. The molecule has 3 aliphatic rings. The predicted molar refractivity (Wildman–Crippen MR) is 107 cm³/mol. The second-order valence-corrected chi connectivity index (χ2v) is 8.83. The molecule has 3 N–H and O–H groups in total. The highest BCUT2D eigenvalue weighted by Crippen LogP contribution is 2.33. The lowest BCUT2D eigenvalue weighted by Gasteiger charge is -2.17. The Kier molecular flexibility index (Phi) is 5.71. The van der Waals surface area contributed by atoms with Crippen LogP contribution in [0.1, 0.15) is 52.8 Å². The van der Waals surface area contributed by atoms with Crippen molar-refractivity contribution in [2.75, 3.05) is 32.0 Å². The van der Waals surface area contributed by atoms with Crippen LogP contribution < -0.4 is 16.0 Å². The lowest BCUT2D eigenvalue weighted by Crippen LogP contribution is -2.36. The molecule has 8 nitrogen and oxygen atoms in total. The van der Waals surface area contributed by atoms with Crippen LogP contribution in [0, 0.1) is 0 Å². The average Bonchev–Trinajstić information content (AvgIpc) is 3.27. The molecule has 4 atom stereocenters. The van der Waals surface area contributed by atoms with Crippen LogP contribution in [0.5, 0.6) is 0 Å². The van der Waals surface area contributed by atoms with Gasteiger partial charge in [0.25, 0.3) is 0 Å². The van der Waals surface area contributed by atoms with Gasteiger partial charge in [-0.2, -0.15) is 11.8 Å². The Morgan fingerprint density at radius 2 is 2.32 bits per heavy atom. The molecule has 3 amide bonds. The van der Waals surface area contributed by atoms with Gasteiger partial charge in [0.15, 0.2) is 5.79 Å². The molecule has 3 rings (SSSR count). The van der Waals surface area contributed by atoms with E-state index in [9.17, 15) is 9.59 Å². The number of hydrogen-bond donors (Lipinski definition) is 3. The van der Waals surface area contributed by atoms with Gasteiger partial charge >= 0.3 is 6.03 Å². The van der Waals surface area contributed by atoms with Crippen molar-refractivity contribution >= 4 is 23.7 Å². The molecule has 0 bridgehead atoms. The minimum Gasteiger partial charge on any atom is -0.379 e. The van der Waals surface area contributed by atoms with E-state index in [1.165, 1.54) is 13.8 Å². The van der Waals surface area contributed by atoms with Crippen LogP contribution in [0.3, 0.4) is 0 Å². The molecule has 0 aromatic carbocycles. The maximum absolute atomic E-state index is 12.0. The summed E-state index contributed by atoms with van der Waals surface area (Å²) < 4.78 is 55.2. The fourth-order valence-corrected chi connectivity index (χ4v) is 4.89. The van der Waals surface area contributed by atoms with Crippen LogP contribution in [0.2, 0.25) is 0 Å². The normalized spacial score (nSPS) is 38.3. The third-order valence-corrected chi connectivity index (χ3v) is 6.24. The third-order valence-electron chi connectivity index (χ3n) is 4.73. The Morgan fingerprint density at radius 3 is 3.11 bits per heavy atom. The number of nitrogens with one attached hydrogen (secondary N) is 3. The fraction of sp³-hybridized carbons (Fsp3) is 0.895. The smallest absolute Gasteiger partial charge is 0.315 e. The third kappa shape index (κ3) is 6.50. The fourth-order valence-electron chi connectivity index (χ4n) is 3.35. The molecular weight excluding hydrogens is 382 g/mol. The average molecular weight is 421 g/mol. The lowest BCUT2D eigenvalue weighted by molar-refractivity contribution is -0.145. The molecule has 0 aromatic heterocycles. The minimum atomic E-state index is -2.76. The molecule has 0 spiro atoms. The summed E-state index contributed by atoms with van der Waals surface area (Å²) in [6, 6.07) is 0.270. The first-order chi connectivity index (χ1) is 15.3. The van der Waals surface area contributed by atoms with Crippen molar-refractivity contribution in [1.82, 2.24) is 16.0 Å². The van der Waals surface area contributed by atoms with Gasteiger partial charge in [0, 0.05) is 30.6 Å². The van der Waals surface area contributed by atoms with Crippen molar-refractivity contribution < 1.29 is 30.7 Å². The van der Waals surface area contributed by atoms with Gasteiger partial charge in [-0.3, -0.25) is 4.79 Å². The standard InChI is InChI=1S/C19H33N3O5S/c1-19(2)26-11-13(27-19)10-25-9-5-8-20-16(23)7-4-3-6-15-17-14(12-28-15)21-18(24)22-17/h13-15,17H,3-12H2,1-2H3,(H,20,23)(H2,21,22,24)/t13?,14-,15+,17-/m0/s1/i10D2,11D2,13D. The second-order valence-electron chi connectivity index (χ2n) is 7.56. The topological polar surface area (TPSA) is 97.9 Å². The van der Waals surface area contributed by atoms with Crippen LogP contribution in [0.4, 0.5) is 4.79 Å². The van der Waals surface area contributed by atoms with Gasteiger partial charge in [-0.1, -0.05) is 6.42 Å². The zero-order valence-electron chi connectivity index (χ0n) is 21.3. The second kappa shape index (κ2) is 10.1. The highest BCUT2D eigenvalue weighted by molar-refractivity contribution is 8.00. The molecule has 28 heavy (non-hydrogen) atoms. The number of amides is 3. The number of rotatable bonds is 11. The quantitative estimate of drug-likeness (QED) is 0.345. The SMILES string of the molecule is [2H]C([2H])(OCCCNC(=O)CCCC[C@H]1SC[C@@H]2NC(=O)N[C@@H]21)C1([2H])OC(C)(C)OC1([2H])[2H]. The van der Waals surface area contributed by atoms with E-state index in [0.717, 1.165) is 25.0 Å². The Morgan fingerprint density at radius 1 is 1.46 bits per heavy atom. The van der Waals surface area contributed by atoms with Crippen molar-refractivity contribution in [3.63, 3.8) is 0 Å². The molecule has 3 aliphatic heterocycles. The first-order valence-corrected chi connectivity index (χ1v) is 10.8. The molecule has 0 saturated carbocycles. The van der Waals surface area contributed by atoms with E-state index < -0.39 is 25.0 Å². The van der Waals surface area contributed by atoms with Crippen LogP contribution in [-0.2, 0) is 19.0 Å².